The second-order valence-electron chi connectivity index (χ2n) is 7.04. The predicted octanol–water partition coefficient (Wildman–Crippen LogP) is 3.22. The van der Waals surface area contributed by atoms with Gasteiger partial charge in [-0.1, -0.05) is 18.2 Å². The van der Waals surface area contributed by atoms with E-state index in [2.05, 4.69) is 10.1 Å². The van der Waals surface area contributed by atoms with Gasteiger partial charge in [0.1, 0.15) is 0 Å². The fraction of sp³-hybridized carbons (Fsp3) is 0.350. The van der Waals surface area contributed by atoms with Crippen LogP contribution in [0.5, 0.6) is 5.88 Å². The fourth-order valence-electron chi connectivity index (χ4n) is 3.75. The van der Waals surface area contributed by atoms with Crippen LogP contribution in [0.2, 0.25) is 0 Å². The van der Waals surface area contributed by atoms with Crippen LogP contribution in [0.3, 0.4) is 0 Å². The van der Waals surface area contributed by atoms with Crippen LogP contribution in [0.25, 0.3) is 16.7 Å². The van der Waals surface area contributed by atoms with Crippen LogP contribution in [0, 0.1) is 6.92 Å². The lowest BCUT2D eigenvalue weighted by Crippen LogP contribution is -2.41. The highest BCUT2D eigenvalue weighted by molar-refractivity contribution is 5.83. The van der Waals surface area contributed by atoms with E-state index in [1.54, 1.807) is 9.58 Å². The Bertz CT molecular complexity index is 1010. The van der Waals surface area contributed by atoms with Gasteiger partial charge in [0.15, 0.2) is 5.65 Å². The molecule has 1 fully saturated rings. The molecule has 0 spiro atoms. The number of hydrogen-bond acceptors (Lipinski definition) is 5. The van der Waals surface area contributed by atoms with Crippen LogP contribution in [0.1, 0.15) is 24.1 Å². The Hall–Kier alpha value is -2.93. The van der Waals surface area contributed by atoms with Gasteiger partial charge in [0.2, 0.25) is 5.88 Å². The number of rotatable bonds is 3. The quantitative estimate of drug-likeness (QED) is 0.714. The predicted molar refractivity (Wildman–Crippen MR) is 99.0 cm³/mol. The summed E-state index contributed by atoms with van der Waals surface area (Å²) in [5, 5.41) is 5.60. The molecule has 1 saturated heterocycles. The van der Waals surface area contributed by atoms with E-state index < -0.39 is 0 Å². The number of para-hydroxylation sites is 1. The molecule has 1 aromatic carbocycles. The second kappa shape index (κ2) is 6.35. The van der Waals surface area contributed by atoms with Gasteiger partial charge in [-0.05, 0) is 38.0 Å². The number of hydrogen-bond donors (Lipinski definition) is 0. The average molecular weight is 364 g/mol. The van der Waals surface area contributed by atoms with E-state index in [-0.39, 0.29) is 12.2 Å². The SMILES string of the molecule is Cc1nn(-c2ccccc2)c2nc3c(cc12)CN(C[C@@H]1CCCO1)C(=O)O3. The van der Waals surface area contributed by atoms with Crippen LogP contribution >= 0.6 is 0 Å². The van der Waals surface area contributed by atoms with Crippen molar-refractivity contribution in [3.63, 3.8) is 0 Å². The normalized spacial score (nSPS) is 19.4. The molecule has 7 heteroatoms. The van der Waals surface area contributed by atoms with Crippen LogP contribution in [0.4, 0.5) is 4.79 Å². The summed E-state index contributed by atoms with van der Waals surface area (Å²) in [5.74, 6) is 0.369. The average Bonchev–Trinajstić information content (AvgIpc) is 3.30. The molecule has 2 aliphatic rings. The molecule has 1 amide bonds. The Balaban J connectivity index is 1.52. The maximum atomic E-state index is 12.4. The number of pyridine rings is 1. The minimum atomic E-state index is -0.368. The minimum Gasteiger partial charge on any atom is -0.391 e. The molecule has 0 aliphatic carbocycles. The third kappa shape index (κ3) is 2.84. The molecule has 7 nitrogen and oxygen atoms in total. The number of amides is 1. The summed E-state index contributed by atoms with van der Waals surface area (Å²) in [6.07, 6.45) is 1.76. The van der Waals surface area contributed by atoms with Crippen molar-refractivity contribution in [2.45, 2.75) is 32.4 Å². The summed E-state index contributed by atoms with van der Waals surface area (Å²) < 4.78 is 13.0. The Morgan fingerprint density at radius 3 is 2.89 bits per heavy atom. The van der Waals surface area contributed by atoms with E-state index >= 15 is 0 Å². The smallest absolute Gasteiger partial charge is 0.391 e. The third-order valence-corrected chi connectivity index (χ3v) is 5.13. The van der Waals surface area contributed by atoms with Crippen LogP contribution < -0.4 is 4.74 Å². The Kier molecular flexibility index (Phi) is 3.82. The van der Waals surface area contributed by atoms with E-state index in [0.29, 0.717) is 24.6 Å². The maximum Gasteiger partial charge on any atom is 0.416 e. The van der Waals surface area contributed by atoms with Crippen LogP contribution in [-0.4, -0.2) is 45.0 Å². The van der Waals surface area contributed by atoms with Crippen molar-refractivity contribution in [3.8, 4) is 11.6 Å². The Labute approximate surface area is 156 Å². The first-order valence-corrected chi connectivity index (χ1v) is 9.22. The standard InChI is InChI=1S/C20H20N4O3/c1-13-17-10-14-11-23(12-16-8-5-9-26-16)20(25)27-19(14)21-18(17)24(22-13)15-6-3-2-4-7-15/h2-4,6-7,10,16H,5,8-9,11-12H2,1H3/t16-/m0/s1. The topological polar surface area (TPSA) is 69.5 Å². The first kappa shape index (κ1) is 16.3. The molecular weight excluding hydrogens is 344 g/mol. The second-order valence-corrected chi connectivity index (χ2v) is 7.04. The van der Waals surface area contributed by atoms with E-state index in [9.17, 15) is 4.79 Å². The first-order chi connectivity index (χ1) is 13.2. The lowest BCUT2D eigenvalue weighted by Gasteiger charge is -2.29. The molecule has 0 bridgehead atoms. The third-order valence-electron chi connectivity index (χ3n) is 5.13. The summed E-state index contributed by atoms with van der Waals surface area (Å²) in [4.78, 5) is 18.8. The van der Waals surface area contributed by atoms with Gasteiger partial charge in [-0.3, -0.25) is 0 Å². The van der Waals surface area contributed by atoms with E-state index in [1.165, 1.54) is 0 Å². The monoisotopic (exact) mass is 364 g/mol. The summed E-state index contributed by atoms with van der Waals surface area (Å²) >= 11 is 0. The molecule has 4 heterocycles. The van der Waals surface area contributed by atoms with Gasteiger partial charge in [-0.25, -0.2) is 9.48 Å². The zero-order valence-corrected chi connectivity index (χ0v) is 15.1. The first-order valence-electron chi connectivity index (χ1n) is 9.22. The summed E-state index contributed by atoms with van der Waals surface area (Å²) in [7, 11) is 0. The molecule has 5 rings (SSSR count). The summed E-state index contributed by atoms with van der Waals surface area (Å²) in [6.45, 7) is 3.77. The van der Waals surface area contributed by atoms with Crippen LogP contribution in [-0.2, 0) is 11.3 Å². The highest BCUT2D eigenvalue weighted by Crippen LogP contribution is 2.31. The molecule has 1 atom stereocenters. The highest BCUT2D eigenvalue weighted by Gasteiger charge is 2.30. The Morgan fingerprint density at radius 2 is 2.11 bits per heavy atom. The summed E-state index contributed by atoms with van der Waals surface area (Å²) in [6, 6.07) is 11.9. The number of carbonyl (C=O) groups excluding carboxylic acids is 1. The van der Waals surface area contributed by atoms with Crippen molar-refractivity contribution in [3.05, 3.63) is 47.7 Å². The summed E-state index contributed by atoms with van der Waals surface area (Å²) in [5.41, 5.74) is 3.41. The molecule has 2 aromatic heterocycles. The largest absolute Gasteiger partial charge is 0.416 e. The molecule has 2 aliphatic heterocycles. The Morgan fingerprint density at radius 1 is 1.26 bits per heavy atom. The van der Waals surface area contributed by atoms with Gasteiger partial charge in [-0.2, -0.15) is 10.1 Å². The highest BCUT2D eigenvalue weighted by atomic mass is 16.6. The van der Waals surface area contributed by atoms with Crippen LogP contribution in [0.15, 0.2) is 36.4 Å². The lowest BCUT2D eigenvalue weighted by molar-refractivity contribution is 0.0641. The van der Waals surface area contributed by atoms with Gasteiger partial charge >= 0.3 is 6.09 Å². The van der Waals surface area contributed by atoms with Gasteiger partial charge in [0.25, 0.3) is 0 Å². The zero-order valence-electron chi connectivity index (χ0n) is 15.1. The van der Waals surface area contributed by atoms with Gasteiger partial charge in [-0.15, -0.1) is 0 Å². The lowest BCUT2D eigenvalue weighted by atomic mass is 10.1. The molecule has 0 unspecified atom stereocenters. The van der Waals surface area contributed by atoms with E-state index in [4.69, 9.17) is 9.47 Å². The maximum absolute atomic E-state index is 12.4. The van der Waals surface area contributed by atoms with E-state index in [1.807, 2.05) is 43.3 Å². The van der Waals surface area contributed by atoms with Crippen molar-refractivity contribution in [1.82, 2.24) is 19.7 Å². The molecule has 27 heavy (non-hydrogen) atoms. The van der Waals surface area contributed by atoms with Crippen molar-refractivity contribution in [2.75, 3.05) is 13.2 Å². The number of ether oxygens (including phenoxy) is 2. The van der Waals surface area contributed by atoms with Gasteiger partial charge in [0, 0.05) is 17.6 Å². The van der Waals surface area contributed by atoms with Crippen molar-refractivity contribution >= 4 is 17.1 Å². The number of benzene rings is 1. The fourth-order valence-corrected chi connectivity index (χ4v) is 3.75. The number of aromatic nitrogens is 3. The number of nitrogens with zero attached hydrogens (tertiary/aromatic N) is 4. The molecule has 138 valence electrons. The van der Waals surface area contributed by atoms with E-state index in [0.717, 1.165) is 41.8 Å². The van der Waals surface area contributed by atoms with Gasteiger partial charge < -0.3 is 14.4 Å². The molecule has 0 N–H and O–H groups in total. The molecule has 3 aromatic rings. The zero-order chi connectivity index (χ0) is 18.4. The molecule has 0 saturated carbocycles. The number of carbonyl (C=O) groups is 1. The number of aryl methyl sites for hydroxylation is 1. The van der Waals surface area contributed by atoms with Crippen molar-refractivity contribution in [2.24, 2.45) is 0 Å². The minimum absolute atomic E-state index is 0.0957. The number of fused-ring (bicyclic) bond motifs is 2. The van der Waals surface area contributed by atoms with Crippen molar-refractivity contribution < 1.29 is 14.3 Å². The molecule has 0 radical (unpaired) electrons. The molecular formula is C20H20N4O3. The van der Waals surface area contributed by atoms with Crippen molar-refractivity contribution in [1.29, 1.82) is 0 Å². The van der Waals surface area contributed by atoms with Gasteiger partial charge in [0.05, 0.1) is 30.6 Å².